The molecule has 1 fully saturated rings. The summed E-state index contributed by atoms with van der Waals surface area (Å²) >= 11 is 2.96. The van der Waals surface area contributed by atoms with Gasteiger partial charge < -0.3 is 5.32 Å². The molecule has 1 aromatic rings. The topological polar surface area (TPSA) is 52.9 Å². The average Bonchev–Trinajstić information content (AvgIpc) is 3.03. The van der Waals surface area contributed by atoms with Crippen LogP contribution in [-0.4, -0.2) is 5.91 Å². The lowest BCUT2D eigenvalue weighted by Crippen LogP contribution is -2.23. The summed E-state index contributed by atoms with van der Waals surface area (Å²) in [5.74, 6) is -2.17. The number of carbonyl (C=O) groups is 1. The van der Waals surface area contributed by atoms with Crippen LogP contribution in [0, 0.1) is 28.4 Å². The van der Waals surface area contributed by atoms with E-state index >= 15 is 0 Å². The molecule has 3 nitrogen and oxygen atoms in total. The monoisotopic (exact) mass is 300 g/mol. The van der Waals surface area contributed by atoms with Crippen molar-refractivity contribution < 1.29 is 13.6 Å². The first-order valence-electron chi connectivity index (χ1n) is 4.86. The van der Waals surface area contributed by atoms with Crippen LogP contribution in [0.15, 0.2) is 16.6 Å². The van der Waals surface area contributed by atoms with E-state index in [1.54, 1.807) is 0 Å². The second-order valence-electron chi connectivity index (χ2n) is 3.89. The molecule has 2 rings (SSSR count). The molecule has 0 bridgehead atoms. The van der Waals surface area contributed by atoms with E-state index in [4.69, 9.17) is 5.26 Å². The summed E-state index contributed by atoms with van der Waals surface area (Å²) in [6, 6.07) is 3.62. The van der Waals surface area contributed by atoms with Crippen LogP contribution in [0.25, 0.3) is 0 Å². The highest BCUT2D eigenvalue weighted by Gasteiger charge is 2.50. The van der Waals surface area contributed by atoms with E-state index in [2.05, 4.69) is 21.2 Å². The Morgan fingerprint density at radius 1 is 1.47 bits per heavy atom. The molecule has 0 saturated heterocycles. The lowest BCUT2D eigenvalue weighted by atomic mass is 10.1. The first-order valence-corrected chi connectivity index (χ1v) is 5.65. The Morgan fingerprint density at radius 3 is 2.59 bits per heavy atom. The molecular formula is C11H7BrF2N2O. The van der Waals surface area contributed by atoms with Crippen LogP contribution in [-0.2, 0) is 4.79 Å². The van der Waals surface area contributed by atoms with Crippen molar-refractivity contribution in [1.82, 2.24) is 0 Å². The number of nitriles is 1. The number of nitrogens with zero attached hydrogens (tertiary/aromatic N) is 1. The molecule has 1 saturated carbocycles. The highest BCUT2D eigenvalue weighted by molar-refractivity contribution is 9.10. The number of anilines is 1. The maximum Gasteiger partial charge on any atom is 0.244 e. The Hall–Kier alpha value is -1.48. The fourth-order valence-electron chi connectivity index (χ4n) is 1.41. The molecule has 0 atom stereocenters. The highest BCUT2D eigenvalue weighted by Crippen LogP contribution is 2.46. The van der Waals surface area contributed by atoms with Gasteiger partial charge in [-0.15, -0.1) is 0 Å². The molecule has 1 amide bonds. The smallest absolute Gasteiger partial charge is 0.244 e. The molecule has 0 aromatic heterocycles. The van der Waals surface area contributed by atoms with Crippen LogP contribution in [0.4, 0.5) is 14.5 Å². The first kappa shape index (κ1) is 12.0. The number of hydrogen-bond donors (Lipinski definition) is 1. The van der Waals surface area contributed by atoms with E-state index < -0.39 is 23.0 Å². The quantitative estimate of drug-likeness (QED) is 0.913. The molecular weight excluding hydrogens is 294 g/mol. The van der Waals surface area contributed by atoms with E-state index in [9.17, 15) is 13.6 Å². The number of rotatable bonds is 2. The summed E-state index contributed by atoms with van der Waals surface area (Å²) in [5.41, 5.74) is -1.18. The summed E-state index contributed by atoms with van der Waals surface area (Å²) in [6.45, 7) is 0. The van der Waals surface area contributed by atoms with Gasteiger partial charge in [0, 0.05) is 10.5 Å². The molecule has 17 heavy (non-hydrogen) atoms. The van der Waals surface area contributed by atoms with Gasteiger partial charge in [0.2, 0.25) is 5.91 Å². The Labute approximate surface area is 105 Å². The lowest BCUT2D eigenvalue weighted by molar-refractivity contribution is -0.119. The van der Waals surface area contributed by atoms with Crippen LogP contribution in [0.3, 0.4) is 0 Å². The number of nitrogens with one attached hydrogen (secondary N) is 1. The highest BCUT2D eigenvalue weighted by atomic mass is 79.9. The standard InChI is InChI=1S/C11H7BrF2N2O/c12-7-3-6(13)4-8(14)9(7)16-10(17)11(5-15)1-2-11/h3-4H,1-2H2,(H,16,17). The first-order chi connectivity index (χ1) is 7.98. The minimum Gasteiger partial charge on any atom is -0.321 e. The van der Waals surface area contributed by atoms with E-state index in [1.165, 1.54) is 0 Å². The summed E-state index contributed by atoms with van der Waals surface area (Å²) < 4.78 is 26.3. The van der Waals surface area contributed by atoms with Gasteiger partial charge in [-0.05, 0) is 34.8 Å². The van der Waals surface area contributed by atoms with Crippen LogP contribution in [0.5, 0.6) is 0 Å². The predicted octanol–water partition coefficient (Wildman–Crippen LogP) is 2.97. The number of carbonyl (C=O) groups excluding carboxylic acids is 1. The van der Waals surface area contributed by atoms with E-state index in [0.29, 0.717) is 18.9 Å². The molecule has 0 aliphatic heterocycles. The van der Waals surface area contributed by atoms with E-state index in [1.807, 2.05) is 6.07 Å². The Bertz CT molecular complexity index is 512. The van der Waals surface area contributed by atoms with Crippen LogP contribution < -0.4 is 5.32 Å². The number of hydrogen-bond acceptors (Lipinski definition) is 2. The van der Waals surface area contributed by atoms with Crippen LogP contribution in [0.1, 0.15) is 12.8 Å². The zero-order chi connectivity index (χ0) is 12.6. The Morgan fingerprint density at radius 2 is 2.12 bits per heavy atom. The summed E-state index contributed by atoms with van der Waals surface area (Å²) in [4.78, 5) is 11.7. The maximum absolute atomic E-state index is 13.4. The van der Waals surface area contributed by atoms with Crippen molar-refractivity contribution in [2.24, 2.45) is 5.41 Å². The van der Waals surface area contributed by atoms with Gasteiger partial charge in [-0.1, -0.05) is 0 Å². The van der Waals surface area contributed by atoms with Crippen molar-refractivity contribution >= 4 is 27.5 Å². The van der Waals surface area contributed by atoms with Gasteiger partial charge >= 0.3 is 0 Å². The molecule has 1 aliphatic rings. The third-order valence-electron chi connectivity index (χ3n) is 2.64. The Balaban J connectivity index is 2.26. The average molecular weight is 301 g/mol. The number of halogens is 3. The molecule has 0 spiro atoms. The number of amides is 1. The van der Waals surface area contributed by atoms with Crippen molar-refractivity contribution in [2.45, 2.75) is 12.8 Å². The van der Waals surface area contributed by atoms with Crippen molar-refractivity contribution in [3.05, 3.63) is 28.2 Å². The largest absolute Gasteiger partial charge is 0.321 e. The summed E-state index contributed by atoms with van der Waals surface area (Å²) in [6.07, 6.45) is 0.936. The fourth-order valence-corrected chi connectivity index (χ4v) is 1.92. The SMILES string of the molecule is N#CC1(C(=O)Nc2c(F)cc(F)cc2Br)CC1. The van der Waals surface area contributed by atoms with Crippen molar-refractivity contribution in [3.63, 3.8) is 0 Å². The lowest BCUT2D eigenvalue weighted by Gasteiger charge is -2.10. The van der Waals surface area contributed by atoms with Crippen LogP contribution >= 0.6 is 15.9 Å². The molecule has 0 unspecified atom stereocenters. The summed E-state index contributed by atoms with van der Waals surface area (Å²) in [7, 11) is 0. The van der Waals surface area contributed by atoms with Gasteiger partial charge in [-0.3, -0.25) is 4.79 Å². The van der Waals surface area contributed by atoms with Crippen molar-refractivity contribution in [3.8, 4) is 6.07 Å². The fraction of sp³-hybridized carbons (Fsp3) is 0.273. The molecule has 1 aromatic carbocycles. The van der Waals surface area contributed by atoms with E-state index in [-0.39, 0.29) is 10.2 Å². The third kappa shape index (κ3) is 2.15. The molecule has 88 valence electrons. The zero-order valence-corrected chi connectivity index (χ0v) is 10.1. The summed E-state index contributed by atoms with van der Waals surface area (Å²) in [5, 5.41) is 11.1. The normalized spacial score (nSPS) is 16.1. The molecule has 0 radical (unpaired) electrons. The molecule has 6 heteroatoms. The Kier molecular flexibility index (Phi) is 2.87. The van der Waals surface area contributed by atoms with Gasteiger partial charge in [0.1, 0.15) is 11.2 Å². The minimum atomic E-state index is -1.04. The number of benzene rings is 1. The van der Waals surface area contributed by atoms with Gasteiger partial charge in [0.15, 0.2) is 5.82 Å². The third-order valence-corrected chi connectivity index (χ3v) is 3.27. The van der Waals surface area contributed by atoms with Gasteiger partial charge in [0.05, 0.1) is 11.8 Å². The minimum absolute atomic E-state index is 0.108. The second-order valence-corrected chi connectivity index (χ2v) is 4.75. The van der Waals surface area contributed by atoms with Gasteiger partial charge in [0.25, 0.3) is 0 Å². The molecule has 0 heterocycles. The van der Waals surface area contributed by atoms with Crippen LogP contribution in [0.2, 0.25) is 0 Å². The molecule has 1 aliphatic carbocycles. The van der Waals surface area contributed by atoms with Crippen molar-refractivity contribution in [1.29, 1.82) is 5.26 Å². The zero-order valence-electron chi connectivity index (χ0n) is 8.56. The van der Waals surface area contributed by atoms with Gasteiger partial charge in [-0.2, -0.15) is 5.26 Å². The van der Waals surface area contributed by atoms with E-state index in [0.717, 1.165) is 6.07 Å². The predicted molar refractivity (Wildman–Crippen MR) is 60.0 cm³/mol. The van der Waals surface area contributed by atoms with Crippen molar-refractivity contribution in [2.75, 3.05) is 5.32 Å². The second kappa shape index (κ2) is 4.08. The maximum atomic E-state index is 13.4. The molecule has 1 N–H and O–H groups in total. The van der Waals surface area contributed by atoms with Gasteiger partial charge in [-0.25, -0.2) is 8.78 Å².